The van der Waals surface area contributed by atoms with Gasteiger partial charge in [0.15, 0.2) is 0 Å². The molecule has 1 saturated heterocycles. The summed E-state index contributed by atoms with van der Waals surface area (Å²) in [7, 11) is 0. The van der Waals surface area contributed by atoms with Gasteiger partial charge in [-0.15, -0.1) is 0 Å². The van der Waals surface area contributed by atoms with E-state index in [1.54, 1.807) is 18.2 Å². The SMILES string of the molecule is CCN(CC1CCCCN1)C(=O)c1cc(Cl)ccc1Cl. The first kappa shape index (κ1) is 15.6. The highest BCUT2D eigenvalue weighted by atomic mass is 35.5. The summed E-state index contributed by atoms with van der Waals surface area (Å²) in [6, 6.07) is 5.39. The minimum absolute atomic E-state index is 0.0487. The summed E-state index contributed by atoms with van der Waals surface area (Å²) in [5.41, 5.74) is 0.483. The number of nitrogens with one attached hydrogen (secondary N) is 1. The molecule has 110 valence electrons. The lowest BCUT2D eigenvalue weighted by Gasteiger charge is -2.30. The molecule has 5 heteroatoms. The first-order valence-electron chi connectivity index (χ1n) is 7.09. The minimum atomic E-state index is -0.0487. The average molecular weight is 315 g/mol. The Bertz CT molecular complexity index is 473. The van der Waals surface area contributed by atoms with E-state index in [2.05, 4.69) is 5.32 Å². The zero-order valence-corrected chi connectivity index (χ0v) is 13.2. The second kappa shape index (κ2) is 7.30. The van der Waals surface area contributed by atoms with E-state index in [1.807, 2.05) is 11.8 Å². The van der Waals surface area contributed by atoms with Crippen molar-refractivity contribution in [2.75, 3.05) is 19.6 Å². The normalized spacial score (nSPS) is 18.9. The molecule has 1 aromatic rings. The molecule has 20 heavy (non-hydrogen) atoms. The molecule has 1 amide bonds. The third-order valence-corrected chi connectivity index (χ3v) is 4.25. The predicted molar refractivity (Wildman–Crippen MR) is 83.7 cm³/mol. The molecule has 0 radical (unpaired) electrons. The van der Waals surface area contributed by atoms with Gasteiger partial charge in [-0.3, -0.25) is 4.79 Å². The van der Waals surface area contributed by atoms with E-state index in [1.165, 1.54) is 12.8 Å². The van der Waals surface area contributed by atoms with Crippen LogP contribution < -0.4 is 5.32 Å². The monoisotopic (exact) mass is 314 g/mol. The van der Waals surface area contributed by atoms with E-state index in [4.69, 9.17) is 23.2 Å². The lowest BCUT2D eigenvalue weighted by atomic mass is 10.0. The molecule has 0 spiro atoms. The highest BCUT2D eigenvalue weighted by molar-refractivity contribution is 6.35. The molecule has 1 aromatic carbocycles. The molecule has 0 saturated carbocycles. The van der Waals surface area contributed by atoms with Crippen LogP contribution >= 0.6 is 23.2 Å². The summed E-state index contributed by atoms with van der Waals surface area (Å²) in [4.78, 5) is 14.4. The molecule has 1 unspecified atom stereocenters. The van der Waals surface area contributed by atoms with Crippen LogP contribution in [0.4, 0.5) is 0 Å². The highest BCUT2D eigenvalue weighted by Gasteiger charge is 2.22. The van der Waals surface area contributed by atoms with Gasteiger partial charge in [-0.2, -0.15) is 0 Å². The van der Waals surface area contributed by atoms with Gasteiger partial charge in [0.25, 0.3) is 5.91 Å². The van der Waals surface area contributed by atoms with Crippen LogP contribution in [-0.2, 0) is 0 Å². The summed E-state index contributed by atoms with van der Waals surface area (Å²) in [6.07, 6.45) is 3.56. The standard InChI is InChI=1S/C15H20Cl2N2O/c1-2-19(10-12-5-3-4-8-18-12)15(20)13-9-11(16)6-7-14(13)17/h6-7,9,12,18H,2-5,8,10H2,1H3. The van der Waals surface area contributed by atoms with Crippen molar-refractivity contribution in [3.05, 3.63) is 33.8 Å². The molecule has 0 aromatic heterocycles. The first-order chi connectivity index (χ1) is 9.61. The molecular formula is C15H20Cl2N2O. The lowest BCUT2D eigenvalue weighted by Crippen LogP contribution is -2.45. The zero-order chi connectivity index (χ0) is 14.5. The maximum atomic E-state index is 12.6. The van der Waals surface area contributed by atoms with Gasteiger partial charge in [-0.05, 0) is 44.5 Å². The van der Waals surface area contributed by atoms with Crippen LogP contribution in [0.1, 0.15) is 36.5 Å². The summed E-state index contributed by atoms with van der Waals surface area (Å²) in [6.45, 7) is 4.41. The molecule has 3 nitrogen and oxygen atoms in total. The van der Waals surface area contributed by atoms with Gasteiger partial charge < -0.3 is 10.2 Å². The van der Waals surface area contributed by atoms with Gasteiger partial charge >= 0.3 is 0 Å². The number of carbonyl (C=O) groups is 1. The maximum absolute atomic E-state index is 12.6. The second-order valence-electron chi connectivity index (χ2n) is 5.11. The third kappa shape index (κ3) is 3.87. The molecule has 1 heterocycles. The van der Waals surface area contributed by atoms with Crippen molar-refractivity contribution in [3.63, 3.8) is 0 Å². The Hall–Kier alpha value is -0.770. The van der Waals surface area contributed by atoms with Gasteiger partial charge in [0.2, 0.25) is 0 Å². The Kier molecular flexibility index (Phi) is 5.70. The molecule has 1 N–H and O–H groups in total. The van der Waals surface area contributed by atoms with Crippen LogP contribution in [0.3, 0.4) is 0 Å². The van der Waals surface area contributed by atoms with E-state index in [0.717, 1.165) is 19.5 Å². The molecule has 1 atom stereocenters. The third-order valence-electron chi connectivity index (χ3n) is 3.68. The summed E-state index contributed by atoms with van der Waals surface area (Å²) in [5, 5.41) is 4.45. The first-order valence-corrected chi connectivity index (χ1v) is 7.85. The van der Waals surface area contributed by atoms with Crippen molar-refractivity contribution in [2.45, 2.75) is 32.2 Å². The Morgan fingerprint density at radius 2 is 2.20 bits per heavy atom. The maximum Gasteiger partial charge on any atom is 0.255 e. The fraction of sp³-hybridized carbons (Fsp3) is 0.533. The van der Waals surface area contributed by atoms with E-state index in [0.29, 0.717) is 28.2 Å². The number of amides is 1. The lowest BCUT2D eigenvalue weighted by molar-refractivity contribution is 0.0741. The van der Waals surface area contributed by atoms with E-state index in [9.17, 15) is 4.79 Å². The predicted octanol–water partition coefficient (Wildman–Crippen LogP) is 3.60. The van der Waals surface area contributed by atoms with Crippen LogP contribution in [0.25, 0.3) is 0 Å². The van der Waals surface area contributed by atoms with Crippen molar-refractivity contribution < 1.29 is 4.79 Å². The topological polar surface area (TPSA) is 32.3 Å². The molecule has 0 aliphatic carbocycles. The summed E-state index contributed by atoms with van der Waals surface area (Å²) >= 11 is 12.1. The number of likely N-dealkylation sites (N-methyl/N-ethyl adjacent to an activating group) is 1. The quantitative estimate of drug-likeness (QED) is 0.921. The van der Waals surface area contributed by atoms with Crippen molar-refractivity contribution in [1.82, 2.24) is 10.2 Å². The van der Waals surface area contributed by atoms with Crippen LogP contribution in [0, 0.1) is 0 Å². The van der Waals surface area contributed by atoms with Crippen LogP contribution in [-0.4, -0.2) is 36.5 Å². The van der Waals surface area contributed by atoms with Crippen molar-refractivity contribution in [3.8, 4) is 0 Å². The Labute approximate surface area is 130 Å². The Morgan fingerprint density at radius 1 is 1.40 bits per heavy atom. The fourth-order valence-corrected chi connectivity index (χ4v) is 2.90. The van der Waals surface area contributed by atoms with Crippen LogP contribution in [0.2, 0.25) is 10.0 Å². The number of carbonyl (C=O) groups excluding carboxylic acids is 1. The van der Waals surface area contributed by atoms with Crippen molar-refractivity contribution in [1.29, 1.82) is 0 Å². The zero-order valence-electron chi connectivity index (χ0n) is 11.7. The van der Waals surface area contributed by atoms with Crippen molar-refractivity contribution in [2.24, 2.45) is 0 Å². The van der Waals surface area contributed by atoms with Crippen LogP contribution in [0.15, 0.2) is 18.2 Å². The molecule has 1 fully saturated rings. The second-order valence-corrected chi connectivity index (χ2v) is 5.96. The van der Waals surface area contributed by atoms with Gasteiger partial charge in [0.1, 0.15) is 0 Å². The van der Waals surface area contributed by atoms with Crippen molar-refractivity contribution >= 4 is 29.1 Å². The summed E-state index contributed by atoms with van der Waals surface area (Å²) in [5.74, 6) is -0.0487. The van der Waals surface area contributed by atoms with E-state index in [-0.39, 0.29) is 5.91 Å². The summed E-state index contributed by atoms with van der Waals surface area (Å²) < 4.78 is 0. The molecule has 0 bridgehead atoms. The average Bonchev–Trinajstić information content (AvgIpc) is 2.47. The minimum Gasteiger partial charge on any atom is -0.337 e. The number of hydrogen-bond donors (Lipinski definition) is 1. The van der Waals surface area contributed by atoms with Crippen LogP contribution in [0.5, 0.6) is 0 Å². The number of hydrogen-bond acceptors (Lipinski definition) is 2. The van der Waals surface area contributed by atoms with E-state index < -0.39 is 0 Å². The Morgan fingerprint density at radius 3 is 2.85 bits per heavy atom. The number of nitrogens with zero attached hydrogens (tertiary/aromatic N) is 1. The van der Waals surface area contributed by atoms with Gasteiger partial charge in [-0.1, -0.05) is 29.6 Å². The molecule has 2 rings (SSSR count). The molecule has 1 aliphatic rings. The van der Waals surface area contributed by atoms with Gasteiger partial charge in [0, 0.05) is 24.2 Å². The number of rotatable bonds is 4. The number of benzene rings is 1. The highest BCUT2D eigenvalue weighted by Crippen LogP contribution is 2.22. The number of halogens is 2. The van der Waals surface area contributed by atoms with E-state index >= 15 is 0 Å². The molecular weight excluding hydrogens is 295 g/mol. The molecule has 1 aliphatic heterocycles. The fourth-order valence-electron chi connectivity index (χ4n) is 2.53. The Balaban J connectivity index is 2.09. The number of piperidine rings is 1. The van der Waals surface area contributed by atoms with Gasteiger partial charge in [-0.25, -0.2) is 0 Å². The smallest absolute Gasteiger partial charge is 0.255 e. The van der Waals surface area contributed by atoms with Gasteiger partial charge in [0.05, 0.1) is 10.6 Å². The largest absolute Gasteiger partial charge is 0.337 e.